The number of hydrogen-bond donors (Lipinski definition) is 2. The second kappa shape index (κ2) is 5.15. The number of carboxylic acid groups (broad SMARTS) is 1. The molecule has 0 radical (unpaired) electrons. The van der Waals surface area contributed by atoms with Crippen LogP contribution in [-0.2, 0) is 11.2 Å². The van der Waals surface area contributed by atoms with E-state index < -0.39 is 6.09 Å². The molecule has 0 aromatic heterocycles. The highest BCUT2D eigenvalue weighted by Gasteiger charge is 2.27. The van der Waals surface area contributed by atoms with E-state index >= 15 is 0 Å². The van der Waals surface area contributed by atoms with E-state index in [0.29, 0.717) is 25.4 Å². The number of nitrogens with zero attached hydrogens (tertiary/aromatic N) is 1. The van der Waals surface area contributed by atoms with Gasteiger partial charge in [0.15, 0.2) is 0 Å². The molecule has 20 heavy (non-hydrogen) atoms. The summed E-state index contributed by atoms with van der Waals surface area (Å²) in [5.74, 6) is 0.409. The Morgan fingerprint density at radius 3 is 2.70 bits per heavy atom. The van der Waals surface area contributed by atoms with Gasteiger partial charge in [0.25, 0.3) is 0 Å². The van der Waals surface area contributed by atoms with Crippen LogP contribution in [0.25, 0.3) is 0 Å². The molecule has 2 amide bonds. The molecule has 3 rings (SSSR count). The van der Waals surface area contributed by atoms with E-state index in [0.717, 1.165) is 24.9 Å². The smallest absolute Gasteiger partial charge is 0.407 e. The average molecular weight is 274 g/mol. The molecule has 2 N–H and O–H groups in total. The minimum atomic E-state index is -0.841. The van der Waals surface area contributed by atoms with E-state index in [4.69, 9.17) is 5.11 Å². The number of benzene rings is 1. The minimum absolute atomic E-state index is 0.0768. The first-order valence-electron chi connectivity index (χ1n) is 7.04. The van der Waals surface area contributed by atoms with Crippen LogP contribution >= 0.6 is 0 Å². The van der Waals surface area contributed by atoms with E-state index in [1.165, 1.54) is 16.0 Å². The van der Waals surface area contributed by atoms with Gasteiger partial charge in [-0.25, -0.2) is 4.79 Å². The maximum atomic E-state index is 11.6. The number of aryl methyl sites for hydroxylation is 1. The molecule has 1 aromatic carbocycles. The van der Waals surface area contributed by atoms with Gasteiger partial charge in [0.05, 0.1) is 0 Å². The number of rotatable bonds is 1. The van der Waals surface area contributed by atoms with Crippen molar-refractivity contribution in [3.63, 3.8) is 0 Å². The Kier molecular flexibility index (Phi) is 3.34. The maximum absolute atomic E-state index is 11.6. The van der Waals surface area contributed by atoms with Crippen molar-refractivity contribution in [1.82, 2.24) is 4.90 Å². The van der Waals surface area contributed by atoms with Gasteiger partial charge in [-0.1, -0.05) is 18.2 Å². The second-order valence-corrected chi connectivity index (χ2v) is 5.47. The van der Waals surface area contributed by atoms with Crippen LogP contribution in [0.1, 0.15) is 36.3 Å². The molecule has 0 spiro atoms. The fourth-order valence-electron chi connectivity index (χ4n) is 3.15. The lowest BCUT2D eigenvalue weighted by atomic mass is 9.85. The molecule has 5 heteroatoms. The van der Waals surface area contributed by atoms with Gasteiger partial charge in [0.2, 0.25) is 5.91 Å². The van der Waals surface area contributed by atoms with Crippen LogP contribution < -0.4 is 5.32 Å². The van der Waals surface area contributed by atoms with Crippen molar-refractivity contribution in [2.45, 2.75) is 31.6 Å². The molecule has 1 fully saturated rings. The molecule has 2 aliphatic heterocycles. The topological polar surface area (TPSA) is 69.6 Å². The average Bonchev–Trinajstić information content (AvgIpc) is 2.46. The van der Waals surface area contributed by atoms with Crippen LogP contribution in [0, 0.1) is 0 Å². The summed E-state index contributed by atoms with van der Waals surface area (Å²) in [5.41, 5.74) is 3.33. The van der Waals surface area contributed by atoms with Crippen molar-refractivity contribution in [2.75, 3.05) is 18.4 Å². The molecule has 1 saturated heterocycles. The highest BCUT2D eigenvalue weighted by Crippen LogP contribution is 2.36. The number of piperidine rings is 1. The van der Waals surface area contributed by atoms with E-state index in [-0.39, 0.29) is 5.91 Å². The molecule has 0 bridgehead atoms. The summed E-state index contributed by atoms with van der Waals surface area (Å²) in [4.78, 5) is 24.0. The predicted molar refractivity (Wildman–Crippen MR) is 75.0 cm³/mol. The van der Waals surface area contributed by atoms with E-state index in [2.05, 4.69) is 17.4 Å². The fourth-order valence-corrected chi connectivity index (χ4v) is 3.15. The third kappa shape index (κ3) is 2.35. The molecule has 2 heterocycles. The Morgan fingerprint density at radius 2 is 2.00 bits per heavy atom. The molecule has 0 atom stereocenters. The van der Waals surface area contributed by atoms with Gasteiger partial charge in [0, 0.05) is 25.2 Å². The van der Waals surface area contributed by atoms with Crippen LogP contribution in [0.4, 0.5) is 10.5 Å². The standard InChI is InChI=1S/C15H18N2O3/c18-13-5-4-11-2-1-3-12(14(11)16-13)10-6-8-17(9-7-10)15(19)20/h1-3,10H,4-9H2,(H,16,18)(H,19,20). The highest BCUT2D eigenvalue weighted by atomic mass is 16.4. The number of hydrogen-bond acceptors (Lipinski definition) is 2. The zero-order valence-electron chi connectivity index (χ0n) is 11.3. The number of likely N-dealkylation sites (tertiary alicyclic amines) is 1. The Labute approximate surface area is 117 Å². The SMILES string of the molecule is O=C1CCc2cccc(C3CCN(C(=O)O)CC3)c2N1. The van der Waals surface area contributed by atoms with Crippen molar-refractivity contribution in [2.24, 2.45) is 0 Å². The quantitative estimate of drug-likeness (QED) is 0.826. The number of amides is 2. The normalized spacial score (nSPS) is 19.4. The summed E-state index contributed by atoms with van der Waals surface area (Å²) in [6, 6.07) is 6.16. The van der Waals surface area contributed by atoms with Gasteiger partial charge in [-0.15, -0.1) is 0 Å². The van der Waals surface area contributed by atoms with Gasteiger partial charge < -0.3 is 15.3 Å². The van der Waals surface area contributed by atoms with Gasteiger partial charge in [-0.3, -0.25) is 4.79 Å². The first-order valence-corrected chi connectivity index (χ1v) is 7.04. The number of fused-ring (bicyclic) bond motifs is 1. The summed E-state index contributed by atoms with van der Waals surface area (Å²) >= 11 is 0. The van der Waals surface area contributed by atoms with Gasteiger partial charge in [-0.2, -0.15) is 0 Å². The van der Waals surface area contributed by atoms with Crippen LogP contribution in [0.2, 0.25) is 0 Å². The number of carbonyl (C=O) groups is 2. The first-order chi connectivity index (χ1) is 9.65. The van der Waals surface area contributed by atoms with Crippen molar-refractivity contribution < 1.29 is 14.7 Å². The lowest BCUT2D eigenvalue weighted by Gasteiger charge is -2.32. The predicted octanol–water partition coefficient (Wildman–Crippen LogP) is 2.43. The summed E-state index contributed by atoms with van der Waals surface area (Å²) in [6.45, 7) is 1.13. The third-order valence-electron chi connectivity index (χ3n) is 4.27. The maximum Gasteiger partial charge on any atom is 0.407 e. The number of anilines is 1. The minimum Gasteiger partial charge on any atom is -0.465 e. The molecule has 0 aliphatic carbocycles. The molecule has 106 valence electrons. The third-order valence-corrected chi connectivity index (χ3v) is 4.27. The highest BCUT2D eigenvalue weighted by molar-refractivity contribution is 5.95. The van der Waals surface area contributed by atoms with Crippen molar-refractivity contribution >= 4 is 17.7 Å². The lowest BCUT2D eigenvalue weighted by Crippen LogP contribution is -2.37. The van der Waals surface area contributed by atoms with Crippen LogP contribution in [0.15, 0.2) is 18.2 Å². The zero-order valence-corrected chi connectivity index (χ0v) is 11.3. The van der Waals surface area contributed by atoms with E-state index in [1.807, 2.05) is 6.07 Å². The number of carbonyl (C=O) groups excluding carboxylic acids is 1. The fraction of sp³-hybridized carbons (Fsp3) is 0.467. The van der Waals surface area contributed by atoms with Crippen molar-refractivity contribution in [3.05, 3.63) is 29.3 Å². The molecular formula is C15H18N2O3. The zero-order chi connectivity index (χ0) is 14.1. The van der Waals surface area contributed by atoms with Crippen LogP contribution in [0.5, 0.6) is 0 Å². The number of para-hydroxylation sites is 1. The monoisotopic (exact) mass is 274 g/mol. The first kappa shape index (κ1) is 13.0. The summed E-state index contributed by atoms with van der Waals surface area (Å²) in [6.07, 6.45) is 2.14. The Balaban J connectivity index is 1.82. The summed E-state index contributed by atoms with van der Waals surface area (Å²) in [5, 5.41) is 12.0. The number of nitrogens with one attached hydrogen (secondary N) is 1. The van der Waals surface area contributed by atoms with Crippen LogP contribution in [0.3, 0.4) is 0 Å². The molecule has 0 unspecified atom stereocenters. The van der Waals surface area contributed by atoms with E-state index in [1.54, 1.807) is 0 Å². The molecule has 0 saturated carbocycles. The Bertz CT molecular complexity index is 548. The second-order valence-electron chi connectivity index (χ2n) is 5.47. The van der Waals surface area contributed by atoms with Crippen LogP contribution in [-0.4, -0.2) is 35.1 Å². The van der Waals surface area contributed by atoms with Gasteiger partial charge >= 0.3 is 6.09 Å². The molecule has 5 nitrogen and oxygen atoms in total. The lowest BCUT2D eigenvalue weighted by molar-refractivity contribution is -0.116. The van der Waals surface area contributed by atoms with Crippen molar-refractivity contribution in [3.8, 4) is 0 Å². The molecular weight excluding hydrogens is 256 g/mol. The Morgan fingerprint density at radius 1 is 1.25 bits per heavy atom. The summed E-state index contributed by atoms with van der Waals surface area (Å²) in [7, 11) is 0. The van der Waals surface area contributed by atoms with Gasteiger partial charge in [0.1, 0.15) is 0 Å². The summed E-state index contributed by atoms with van der Waals surface area (Å²) < 4.78 is 0. The largest absolute Gasteiger partial charge is 0.465 e. The van der Waals surface area contributed by atoms with Crippen molar-refractivity contribution in [1.29, 1.82) is 0 Å². The molecule has 1 aromatic rings. The van der Waals surface area contributed by atoms with Gasteiger partial charge in [-0.05, 0) is 36.3 Å². The molecule has 2 aliphatic rings. The van der Waals surface area contributed by atoms with E-state index in [9.17, 15) is 9.59 Å². The Hall–Kier alpha value is -2.04.